The van der Waals surface area contributed by atoms with Gasteiger partial charge in [0.15, 0.2) is 11.2 Å². The second-order valence-electron chi connectivity index (χ2n) is 8.08. The number of benzene rings is 3. The Morgan fingerprint density at radius 2 is 1.60 bits per heavy atom. The second kappa shape index (κ2) is 9.52. The molecule has 0 fully saturated rings. The number of nitrogens with zero attached hydrogens (tertiary/aromatic N) is 4. The van der Waals surface area contributed by atoms with Crippen LogP contribution in [0.15, 0.2) is 88.7 Å². The summed E-state index contributed by atoms with van der Waals surface area (Å²) in [5.74, 6) is -0.430. The Hall–Kier alpha value is -3.68. The van der Waals surface area contributed by atoms with Crippen molar-refractivity contribution in [1.82, 2.24) is 18.7 Å². The van der Waals surface area contributed by atoms with Crippen molar-refractivity contribution in [1.29, 1.82) is 0 Å². The molecule has 0 saturated heterocycles. The van der Waals surface area contributed by atoms with E-state index >= 15 is 0 Å². The van der Waals surface area contributed by atoms with Gasteiger partial charge in [0, 0.05) is 13.1 Å². The summed E-state index contributed by atoms with van der Waals surface area (Å²) in [6.45, 7) is 0.472. The standard InChI is InChI=1S/C26H19Cl2FN4O2/c27-21-11-6-18(14-22(21)28)15-31-16-30-24-23(31)25(34)32(13-12-17-4-2-1-3-5-17)26(35)33(24)20-9-7-19(29)8-10-20/h1-11,14,16H,12-13,15H2. The SMILES string of the molecule is O=c1c2c(ncn2Cc2ccc(Cl)c(Cl)c2)n(-c2ccc(F)cc2)c(=O)n1CCc1ccccc1. The topological polar surface area (TPSA) is 61.8 Å². The summed E-state index contributed by atoms with van der Waals surface area (Å²) in [5, 5.41) is 0.830. The third-order valence-corrected chi connectivity index (χ3v) is 6.53. The molecule has 6 nitrogen and oxygen atoms in total. The lowest BCUT2D eigenvalue weighted by molar-refractivity contribution is 0.613. The summed E-state index contributed by atoms with van der Waals surface area (Å²) in [5.41, 5.74) is 1.69. The normalized spacial score (nSPS) is 11.3. The van der Waals surface area contributed by atoms with Crippen molar-refractivity contribution < 1.29 is 4.39 Å². The van der Waals surface area contributed by atoms with Crippen LogP contribution in [0.1, 0.15) is 11.1 Å². The predicted molar refractivity (Wildman–Crippen MR) is 135 cm³/mol. The number of hydrogen-bond acceptors (Lipinski definition) is 3. The van der Waals surface area contributed by atoms with Crippen molar-refractivity contribution in [3.63, 3.8) is 0 Å². The molecule has 35 heavy (non-hydrogen) atoms. The first-order valence-electron chi connectivity index (χ1n) is 10.9. The molecule has 9 heteroatoms. The average Bonchev–Trinajstić information content (AvgIpc) is 3.26. The molecular formula is C26H19Cl2FN4O2. The molecule has 0 aliphatic carbocycles. The lowest BCUT2D eigenvalue weighted by atomic mass is 10.1. The summed E-state index contributed by atoms with van der Waals surface area (Å²) >= 11 is 12.2. The van der Waals surface area contributed by atoms with Crippen LogP contribution in [-0.2, 0) is 19.5 Å². The minimum atomic E-state index is -0.537. The molecule has 0 atom stereocenters. The van der Waals surface area contributed by atoms with Crippen LogP contribution < -0.4 is 11.2 Å². The third kappa shape index (κ3) is 4.52. The molecule has 0 N–H and O–H groups in total. The number of aryl methyl sites for hydroxylation is 1. The van der Waals surface area contributed by atoms with Crippen LogP contribution in [0.25, 0.3) is 16.9 Å². The van der Waals surface area contributed by atoms with E-state index < -0.39 is 17.1 Å². The summed E-state index contributed by atoms with van der Waals surface area (Å²) in [4.78, 5) is 31.5. The Morgan fingerprint density at radius 3 is 2.31 bits per heavy atom. The average molecular weight is 509 g/mol. The molecule has 3 aromatic carbocycles. The van der Waals surface area contributed by atoms with Gasteiger partial charge >= 0.3 is 5.69 Å². The van der Waals surface area contributed by atoms with Crippen LogP contribution in [0.2, 0.25) is 10.0 Å². The maximum absolute atomic E-state index is 13.6. The van der Waals surface area contributed by atoms with E-state index in [1.165, 1.54) is 39.7 Å². The van der Waals surface area contributed by atoms with Crippen LogP contribution in [-0.4, -0.2) is 18.7 Å². The van der Waals surface area contributed by atoms with Gasteiger partial charge in [0.05, 0.1) is 22.1 Å². The van der Waals surface area contributed by atoms with Crippen molar-refractivity contribution in [2.75, 3.05) is 0 Å². The lowest BCUT2D eigenvalue weighted by Crippen LogP contribution is -2.40. The molecule has 5 aromatic rings. The highest BCUT2D eigenvalue weighted by atomic mass is 35.5. The summed E-state index contributed by atoms with van der Waals surface area (Å²) in [7, 11) is 0. The predicted octanol–water partition coefficient (Wildman–Crippen LogP) is 5.09. The molecule has 2 aromatic heterocycles. The van der Waals surface area contributed by atoms with Crippen LogP contribution in [0.4, 0.5) is 4.39 Å². The number of rotatable bonds is 6. The Morgan fingerprint density at radius 1 is 0.857 bits per heavy atom. The van der Waals surface area contributed by atoms with E-state index in [9.17, 15) is 14.0 Å². The Balaban J connectivity index is 1.68. The van der Waals surface area contributed by atoms with Crippen molar-refractivity contribution in [3.8, 4) is 5.69 Å². The highest BCUT2D eigenvalue weighted by Crippen LogP contribution is 2.23. The highest BCUT2D eigenvalue weighted by molar-refractivity contribution is 6.42. The zero-order valence-corrected chi connectivity index (χ0v) is 19.9. The molecule has 5 rings (SSSR count). The highest BCUT2D eigenvalue weighted by Gasteiger charge is 2.19. The number of fused-ring (bicyclic) bond motifs is 1. The molecule has 0 radical (unpaired) electrons. The maximum atomic E-state index is 13.6. The summed E-state index contributed by atoms with van der Waals surface area (Å²) in [6.07, 6.45) is 2.00. The van der Waals surface area contributed by atoms with Gasteiger partial charge in [-0.2, -0.15) is 0 Å². The zero-order valence-electron chi connectivity index (χ0n) is 18.4. The van der Waals surface area contributed by atoms with E-state index in [1.54, 1.807) is 16.7 Å². The van der Waals surface area contributed by atoms with Gasteiger partial charge in [0.25, 0.3) is 5.56 Å². The minimum Gasteiger partial charge on any atom is -0.320 e. The van der Waals surface area contributed by atoms with Gasteiger partial charge in [0.1, 0.15) is 5.82 Å². The molecule has 0 unspecified atom stereocenters. The van der Waals surface area contributed by atoms with Gasteiger partial charge in [-0.05, 0) is 53.9 Å². The Kier molecular flexibility index (Phi) is 6.28. The largest absolute Gasteiger partial charge is 0.337 e. The fourth-order valence-corrected chi connectivity index (χ4v) is 4.36. The van der Waals surface area contributed by atoms with Crippen LogP contribution in [0.3, 0.4) is 0 Å². The van der Waals surface area contributed by atoms with Crippen molar-refractivity contribution in [3.05, 3.63) is 127 Å². The first kappa shape index (κ1) is 23.1. The Labute approximate surface area is 209 Å². The third-order valence-electron chi connectivity index (χ3n) is 5.79. The van der Waals surface area contributed by atoms with E-state index in [0.717, 1.165) is 11.1 Å². The number of halogens is 3. The molecule has 0 spiro atoms. The van der Waals surface area contributed by atoms with Crippen LogP contribution in [0, 0.1) is 5.82 Å². The molecule has 176 valence electrons. The molecule has 0 aliphatic rings. The summed E-state index contributed by atoms with van der Waals surface area (Å²) in [6, 6.07) is 20.3. The lowest BCUT2D eigenvalue weighted by Gasteiger charge is -2.13. The maximum Gasteiger partial charge on any atom is 0.337 e. The fraction of sp³-hybridized carbons (Fsp3) is 0.115. The molecule has 0 saturated carbocycles. The Bertz CT molecular complexity index is 1640. The molecule has 0 aliphatic heterocycles. The monoisotopic (exact) mass is 508 g/mol. The molecule has 0 amide bonds. The van der Waals surface area contributed by atoms with Crippen molar-refractivity contribution in [2.24, 2.45) is 0 Å². The number of aromatic nitrogens is 4. The number of hydrogen-bond donors (Lipinski definition) is 0. The van der Waals surface area contributed by atoms with E-state index in [4.69, 9.17) is 23.2 Å². The summed E-state index contributed by atoms with van der Waals surface area (Å²) < 4.78 is 17.8. The van der Waals surface area contributed by atoms with Crippen LogP contribution in [0.5, 0.6) is 0 Å². The molecule has 0 bridgehead atoms. The van der Waals surface area contributed by atoms with Crippen LogP contribution >= 0.6 is 23.2 Å². The first-order chi connectivity index (χ1) is 16.9. The molecule has 2 heterocycles. The van der Waals surface area contributed by atoms with E-state index in [1.807, 2.05) is 36.4 Å². The molecular weight excluding hydrogens is 490 g/mol. The van der Waals surface area contributed by atoms with Gasteiger partial charge in [0.2, 0.25) is 0 Å². The van der Waals surface area contributed by atoms with Gasteiger partial charge < -0.3 is 4.57 Å². The quantitative estimate of drug-likeness (QED) is 0.321. The van der Waals surface area contributed by atoms with Crippen molar-refractivity contribution in [2.45, 2.75) is 19.5 Å². The first-order valence-corrected chi connectivity index (χ1v) is 11.6. The van der Waals surface area contributed by atoms with E-state index in [0.29, 0.717) is 28.7 Å². The van der Waals surface area contributed by atoms with E-state index in [-0.39, 0.29) is 17.7 Å². The zero-order chi connectivity index (χ0) is 24.5. The second-order valence-corrected chi connectivity index (χ2v) is 8.89. The smallest absolute Gasteiger partial charge is 0.320 e. The van der Waals surface area contributed by atoms with Gasteiger partial charge in [-0.3, -0.25) is 9.36 Å². The van der Waals surface area contributed by atoms with Gasteiger partial charge in [-0.1, -0.05) is 59.6 Å². The van der Waals surface area contributed by atoms with E-state index in [2.05, 4.69) is 4.98 Å². The fourth-order valence-electron chi connectivity index (χ4n) is 4.04. The number of imidazole rings is 1. The van der Waals surface area contributed by atoms with Gasteiger partial charge in [-0.15, -0.1) is 0 Å². The minimum absolute atomic E-state index is 0.177. The van der Waals surface area contributed by atoms with Gasteiger partial charge in [-0.25, -0.2) is 18.7 Å². The van der Waals surface area contributed by atoms with Crippen molar-refractivity contribution >= 4 is 34.4 Å².